The maximum atomic E-state index is 4.78. The number of aromatic nitrogens is 6. The Morgan fingerprint density at radius 1 is 0.897 bits per heavy atom. The average Bonchev–Trinajstić information content (AvgIpc) is 3.53. The standard InChI is InChI=1S/C23H20N6/c1-2-7-18(8-3-1)22-23(28(17-27-22)14-11-19-15-24-16-26-19)20-9-6-13-29(20)21-10-4-5-12-25-21/h1-10,12-13,15-17H,11,14H2,(H,24,26). The Balaban J connectivity index is 1.62. The third kappa shape index (κ3) is 3.36. The second kappa shape index (κ2) is 7.59. The third-order valence-electron chi connectivity index (χ3n) is 4.95. The van der Waals surface area contributed by atoms with E-state index in [2.05, 4.69) is 42.3 Å². The summed E-state index contributed by atoms with van der Waals surface area (Å²) in [5.41, 5.74) is 5.30. The Bertz CT molecular complexity index is 1190. The van der Waals surface area contributed by atoms with Gasteiger partial charge in [0.15, 0.2) is 0 Å². The SMILES string of the molecule is c1ccc(-c2ncn(CCc3cnc[nH]3)c2-c2cccn2-c2ccccn2)cc1. The molecule has 6 heteroatoms. The van der Waals surface area contributed by atoms with Gasteiger partial charge >= 0.3 is 0 Å². The van der Waals surface area contributed by atoms with Crippen molar-refractivity contribution in [2.24, 2.45) is 0 Å². The monoisotopic (exact) mass is 380 g/mol. The van der Waals surface area contributed by atoms with Gasteiger partial charge in [0.05, 0.1) is 29.7 Å². The predicted molar refractivity (Wildman–Crippen MR) is 113 cm³/mol. The number of aryl methyl sites for hydroxylation is 2. The largest absolute Gasteiger partial charge is 0.348 e. The van der Waals surface area contributed by atoms with Crippen molar-refractivity contribution in [3.8, 4) is 28.5 Å². The van der Waals surface area contributed by atoms with Gasteiger partial charge in [0.2, 0.25) is 0 Å². The second-order valence-corrected chi connectivity index (χ2v) is 6.78. The molecule has 4 aromatic heterocycles. The van der Waals surface area contributed by atoms with Gasteiger partial charge < -0.3 is 9.55 Å². The van der Waals surface area contributed by atoms with Crippen molar-refractivity contribution in [2.45, 2.75) is 13.0 Å². The van der Waals surface area contributed by atoms with E-state index in [1.165, 1.54) is 0 Å². The molecule has 0 saturated heterocycles. The van der Waals surface area contributed by atoms with Crippen molar-refractivity contribution in [1.82, 2.24) is 29.1 Å². The molecule has 142 valence electrons. The minimum atomic E-state index is 0.796. The molecule has 0 amide bonds. The summed E-state index contributed by atoms with van der Waals surface area (Å²) in [4.78, 5) is 16.6. The highest BCUT2D eigenvalue weighted by atomic mass is 15.1. The molecule has 0 aliphatic rings. The number of hydrogen-bond donors (Lipinski definition) is 1. The van der Waals surface area contributed by atoms with Crippen molar-refractivity contribution in [3.63, 3.8) is 0 Å². The van der Waals surface area contributed by atoms with Crippen molar-refractivity contribution < 1.29 is 0 Å². The van der Waals surface area contributed by atoms with Crippen LogP contribution in [0, 0.1) is 0 Å². The number of imidazole rings is 2. The van der Waals surface area contributed by atoms with Gasteiger partial charge in [-0.15, -0.1) is 0 Å². The van der Waals surface area contributed by atoms with E-state index < -0.39 is 0 Å². The van der Waals surface area contributed by atoms with Crippen LogP contribution in [0.25, 0.3) is 28.5 Å². The van der Waals surface area contributed by atoms with Crippen LogP contribution in [0.15, 0.2) is 91.9 Å². The summed E-state index contributed by atoms with van der Waals surface area (Å²) in [7, 11) is 0. The number of rotatable bonds is 6. The molecule has 6 nitrogen and oxygen atoms in total. The summed E-state index contributed by atoms with van der Waals surface area (Å²) in [5, 5.41) is 0. The highest BCUT2D eigenvalue weighted by Gasteiger charge is 2.18. The molecule has 1 N–H and O–H groups in total. The van der Waals surface area contributed by atoms with Crippen LogP contribution in [0.5, 0.6) is 0 Å². The van der Waals surface area contributed by atoms with Crippen molar-refractivity contribution in [2.75, 3.05) is 0 Å². The molecular formula is C23H20N6. The number of H-pyrrole nitrogens is 1. The lowest BCUT2D eigenvalue weighted by Crippen LogP contribution is -2.06. The molecule has 5 aromatic rings. The Morgan fingerprint density at radius 2 is 1.79 bits per heavy atom. The fourth-order valence-corrected chi connectivity index (χ4v) is 3.56. The number of pyridine rings is 1. The van der Waals surface area contributed by atoms with Gasteiger partial charge in [-0.2, -0.15) is 0 Å². The molecule has 0 atom stereocenters. The summed E-state index contributed by atoms with van der Waals surface area (Å²) in [5.74, 6) is 0.882. The normalized spacial score (nSPS) is 11.0. The Morgan fingerprint density at radius 3 is 2.59 bits per heavy atom. The predicted octanol–water partition coefficient (Wildman–Crippen LogP) is 4.37. The highest BCUT2D eigenvalue weighted by molar-refractivity contribution is 5.78. The average molecular weight is 380 g/mol. The molecular weight excluding hydrogens is 360 g/mol. The lowest BCUT2D eigenvalue weighted by atomic mass is 10.1. The molecule has 0 radical (unpaired) electrons. The highest BCUT2D eigenvalue weighted by Crippen LogP contribution is 2.32. The summed E-state index contributed by atoms with van der Waals surface area (Å²) in [6.45, 7) is 0.796. The van der Waals surface area contributed by atoms with Crippen molar-refractivity contribution >= 4 is 0 Å². The minimum Gasteiger partial charge on any atom is -0.348 e. The van der Waals surface area contributed by atoms with Gasteiger partial charge in [0, 0.05) is 42.8 Å². The van der Waals surface area contributed by atoms with E-state index >= 15 is 0 Å². The molecule has 0 aliphatic heterocycles. The van der Waals surface area contributed by atoms with Gasteiger partial charge in [0.1, 0.15) is 5.82 Å². The zero-order chi connectivity index (χ0) is 19.5. The van der Waals surface area contributed by atoms with Gasteiger partial charge in [-0.1, -0.05) is 36.4 Å². The lowest BCUT2D eigenvalue weighted by Gasteiger charge is -2.13. The Hall–Kier alpha value is -3.93. The fourth-order valence-electron chi connectivity index (χ4n) is 3.56. The van der Waals surface area contributed by atoms with Crippen LogP contribution in [-0.4, -0.2) is 29.1 Å². The smallest absolute Gasteiger partial charge is 0.137 e. The van der Waals surface area contributed by atoms with Gasteiger partial charge in [-0.3, -0.25) is 4.57 Å². The number of nitrogens with one attached hydrogen (secondary N) is 1. The van der Waals surface area contributed by atoms with Crippen LogP contribution < -0.4 is 0 Å². The third-order valence-corrected chi connectivity index (χ3v) is 4.95. The molecule has 0 unspecified atom stereocenters. The van der Waals surface area contributed by atoms with Crippen LogP contribution in [-0.2, 0) is 13.0 Å². The fraction of sp³-hybridized carbons (Fsp3) is 0.0870. The first kappa shape index (κ1) is 17.2. The van der Waals surface area contributed by atoms with Gasteiger partial charge in [0.25, 0.3) is 0 Å². The molecule has 0 spiro atoms. The molecule has 0 bridgehead atoms. The summed E-state index contributed by atoms with van der Waals surface area (Å²) in [6.07, 6.45) is 10.2. The van der Waals surface area contributed by atoms with E-state index in [9.17, 15) is 0 Å². The molecule has 0 aliphatic carbocycles. The summed E-state index contributed by atoms with van der Waals surface area (Å²) >= 11 is 0. The topological polar surface area (TPSA) is 64.3 Å². The van der Waals surface area contributed by atoms with E-state index in [-0.39, 0.29) is 0 Å². The van der Waals surface area contributed by atoms with Crippen molar-refractivity contribution in [1.29, 1.82) is 0 Å². The van der Waals surface area contributed by atoms with Crippen LogP contribution in [0.3, 0.4) is 0 Å². The summed E-state index contributed by atoms with van der Waals surface area (Å²) in [6, 6.07) is 20.4. The van der Waals surface area contributed by atoms with E-state index in [0.29, 0.717) is 0 Å². The van der Waals surface area contributed by atoms with Gasteiger partial charge in [-0.05, 0) is 24.3 Å². The maximum Gasteiger partial charge on any atom is 0.137 e. The van der Waals surface area contributed by atoms with Crippen LogP contribution >= 0.6 is 0 Å². The first-order valence-corrected chi connectivity index (χ1v) is 9.57. The quantitative estimate of drug-likeness (QED) is 0.476. The Labute approximate surface area is 168 Å². The van der Waals surface area contributed by atoms with Crippen LogP contribution in [0.1, 0.15) is 5.69 Å². The van der Waals surface area contributed by atoms with E-state index in [0.717, 1.165) is 47.1 Å². The molecule has 29 heavy (non-hydrogen) atoms. The maximum absolute atomic E-state index is 4.78. The van der Waals surface area contributed by atoms with Crippen LogP contribution in [0.4, 0.5) is 0 Å². The number of hydrogen-bond acceptors (Lipinski definition) is 3. The zero-order valence-electron chi connectivity index (χ0n) is 15.8. The van der Waals surface area contributed by atoms with E-state index in [4.69, 9.17) is 4.98 Å². The molecule has 4 heterocycles. The van der Waals surface area contributed by atoms with E-state index in [1.807, 2.05) is 67.4 Å². The number of nitrogens with zero attached hydrogens (tertiary/aromatic N) is 5. The molecule has 5 rings (SSSR count). The van der Waals surface area contributed by atoms with Crippen molar-refractivity contribution in [3.05, 3.63) is 97.6 Å². The van der Waals surface area contributed by atoms with Gasteiger partial charge in [-0.25, -0.2) is 15.0 Å². The Kier molecular flexibility index (Phi) is 4.50. The minimum absolute atomic E-state index is 0.796. The molecule has 1 aromatic carbocycles. The lowest BCUT2D eigenvalue weighted by molar-refractivity contribution is 0.690. The summed E-state index contributed by atoms with van der Waals surface area (Å²) < 4.78 is 4.31. The van der Waals surface area contributed by atoms with Crippen LogP contribution in [0.2, 0.25) is 0 Å². The molecule has 0 fully saturated rings. The molecule has 0 saturated carbocycles. The second-order valence-electron chi connectivity index (χ2n) is 6.78. The first-order chi connectivity index (χ1) is 14.4. The van der Waals surface area contributed by atoms with E-state index in [1.54, 1.807) is 6.33 Å². The zero-order valence-corrected chi connectivity index (χ0v) is 15.8. The number of benzene rings is 1. The number of aromatic amines is 1. The first-order valence-electron chi connectivity index (χ1n) is 9.57.